The lowest BCUT2D eigenvalue weighted by Gasteiger charge is -2.26. The van der Waals surface area contributed by atoms with Crippen molar-refractivity contribution in [3.05, 3.63) is 35.9 Å². The van der Waals surface area contributed by atoms with Gasteiger partial charge in [0.05, 0.1) is 5.92 Å². The maximum absolute atomic E-state index is 11.5. The molecule has 1 saturated heterocycles. The lowest BCUT2D eigenvalue weighted by molar-refractivity contribution is -0.151. The Labute approximate surface area is 90.3 Å². The van der Waals surface area contributed by atoms with Crippen molar-refractivity contribution >= 4 is 5.97 Å². The van der Waals surface area contributed by atoms with Crippen LogP contribution in [0.3, 0.4) is 0 Å². The first-order chi connectivity index (χ1) is 7.18. The molecule has 0 N–H and O–H groups in total. The second-order valence-corrected chi connectivity index (χ2v) is 4.24. The van der Waals surface area contributed by atoms with Crippen molar-refractivity contribution in [3.8, 4) is 0 Å². The number of ether oxygens (including phenoxy) is 1. The van der Waals surface area contributed by atoms with E-state index in [0.29, 0.717) is 0 Å². The van der Waals surface area contributed by atoms with Crippen molar-refractivity contribution in [1.29, 1.82) is 0 Å². The van der Waals surface area contributed by atoms with Gasteiger partial charge in [0, 0.05) is 6.42 Å². The van der Waals surface area contributed by atoms with Crippen molar-refractivity contribution < 1.29 is 9.53 Å². The van der Waals surface area contributed by atoms with E-state index in [-0.39, 0.29) is 17.5 Å². The molecule has 1 aliphatic rings. The lowest BCUT2D eigenvalue weighted by Crippen LogP contribution is -2.24. The van der Waals surface area contributed by atoms with E-state index in [0.717, 1.165) is 18.4 Å². The molecule has 2 atom stereocenters. The van der Waals surface area contributed by atoms with E-state index in [1.165, 1.54) is 0 Å². The van der Waals surface area contributed by atoms with Crippen molar-refractivity contribution in [1.82, 2.24) is 0 Å². The summed E-state index contributed by atoms with van der Waals surface area (Å²) in [7, 11) is 0. The van der Waals surface area contributed by atoms with Crippen LogP contribution in [-0.2, 0) is 15.1 Å². The van der Waals surface area contributed by atoms with E-state index >= 15 is 0 Å². The molecular weight excluding hydrogens is 188 g/mol. The van der Waals surface area contributed by atoms with Crippen molar-refractivity contribution in [3.63, 3.8) is 0 Å². The standard InChI is InChI=1S/C13H16O2/c1-3-13(9-10(2)12(14)15-13)11-7-5-4-6-8-11/h4-8,10H,3,9H2,1-2H3. The van der Waals surface area contributed by atoms with Gasteiger partial charge in [-0.2, -0.15) is 0 Å². The van der Waals surface area contributed by atoms with Crippen LogP contribution in [-0.4, -0.2) is 5.97 Å². The third kappa shape index (κ3) is 1.65. The van der Waals surface area contributed by atoms with Crippen LogP contribution in [0, 0.1) is 5.92 Å². The molecule has 1 heterocycles. The van der Waals surface area contributed by atoms with Crippen LogP contribution in [0.4, 0.5) is 0 Å². The molecule has 1 aromatic carbocycles. The number of benzene rings is 1. The zero-order valence-electron chi connectivity index (χ0n) is 9.19. The maximum Gasteiger partial charge on any atom is 0.309 e. The van der Waals surface area contributed by atoms with Crippen LogP contribution in [0.2, 0.25) is 0 Å². The number of hydrogen-bond donors (Lipinski definition) is 0. The second-order valence-electron chi connectivity index (χ2n) is 4.24. The van der Waals surface area contributed by atoms with E-state index in [4.69, 9.17) is 4.74 Å². The SMILES string of the molecule is CCC1(c2ccccc2)CC(C)C(=O)O1. The molecule has 2 heteroatoms. The monoisotopic (exact) mass is 204 g/mol. The number of esters is 1. The molecule has 0 bridgehead atoms. The molecule has 80 valence electrons. The summed E-state index contributed by atoms with van der Waals surface area (Å²) in [5, 5.41) is 0. The smallest absolute Gasteiger partial charge is 0.309 e. The third-order valence-electron chi connectivity index (χ3n) is 3.21. The molecule has 0 amide bonds. The summed E-state index contributed by atoms with van der Waals surface area (Å²) in [6.45, 7) is 4.00. The van der Waals surface area contributed by atoms with Gasteiger partial charge < -0.3 is 4.74 Å². The largest absolute Gasteiger partial charge is 0.454 e. The summed E-state index contributed by atoms with van der Waals surface area (Å²) < 4.78 is 5.56. The highest BCUT2D eigenvalue weighted by molar-refractivity contribution is 5.75. The van der Waals surface area contributed by atoms with Crippen LogP contribution in [0.15, 0.2) is 30.3 Å². The zero-order valence-corrected chi connectivity index (χ0v) is 9.19. The summed E-state index contributed by atoms with van der Waals surface area (Å²) in [6.07, 6.45) is 1.64. The zero-order chi connectivity index (χ0) is 10.9. The molecule has 15 heavy (non-hydrogen) atoms. The number of rotatable bonds is 2. The van der Waals surface area contributed by atoms with Crippen LogP contribution >= 0.6 is 0 Å². The van der Waals surface area contributed by atoms with Gasteiger partial charge in [-0.15, -0.1) is 0 Å². The first-order valence-corrected chi connectivity index (χ1v) is 5.46. The summed E-state index contributed by atoms with van der Waals surface area (Å²) in [5.41, 5.74) is 0.739. The Morgan fingerprint density at radius 2 is 2.07 bits per heavy atom. The fourth-order valence-corrected chi connectivity index (χ4v) is 2.25. The Morgan fingerprint density at radius 1 is 1.40 bits per heavy atom. The quantitative estimate of drug-likeness (QED) is 0.692. The second kappa shape index (κ2) is 3.69. The number of hydrogen-bond acceptors (Lipinski definition) is 2. The molecule has 2 rings (SSSR count). The summed E-state index contributed by atoms with van der Waals surface area (Å²) >= 11 is 0. The Kier molecular flexibility index (Phi) is 2.51. The summed E-state index contributed by atoms with van der Waals surface area (Å²) in [5.74, 6) is -0.0501. The molecule has 0 saturated carbocycles. The molecular formula is C13H16O2. The van der Waals surface area contributed by atoms with Gasteiger partial charge in [-0.1, -0.05) is 44.2 Å². The van der Waals surface area contributed by atoms with Crippen molar-refractivity contribution in [2.45, 2.75) is 32.3 Å². The van der Waals surface area contributed by atoms with Crippen LogP contribution in [0.1, 0.15) is 32.3 Å². The van der Waals surface area contributed by atoms with Crippen LogP contribution in [0.5, 0.6) is 0 Å². The van der Waals surface area contributed by atoms with E-state index < -0.39 is 0 Å². The molecule has 0 aromatic heterocycles. The molecule has 1 aromatic rings. The van der Waals surface area contributed by atoms with Crippen LogP contribution in [0.25, 0.3) is 0 Å². The van der Waals surface area contributed by atoms with E-state index in [1.807, 2.05) is 37.3 Å². The molecule has 2 nitrogen and oxygen atoms in total. The van der Waals surface area contributed by atoms with Gasteiger partial charge in [0.2, 0.25) is 0 Å². The van der Waals surface area contributed by atoms with Gasteiger partial charge in [-0.3, -0.25) is 4.79 Å². The molecule has 0 aliphatic carbocycles. The predicted molar refractivity (Wildman–Crippen MR) is 58.3 cm³/mol. The van der Waals surface area contributed by atoms with Gasteiger partial charge in [0.25, 0.3) is 0 Å². The highest BCUT2D eigenvalue weighted by Crippen LogP contribution is 2.42. The van der Waals surface area contributed by atoms with E-state index in [9.17, 15) is 4.79 Å². The number of cyclic esters (lactones) is 1. The number of carbonyl (C=O) groups excluding carboxylic acids is 1. The Balaban J connectivity index is 2.36. The van der Waals surface area contributed by atoms with Crippen molar-refractivity contribution in [2.75, 3.05) is 0 Å². The minimum atomic E-state index is -0.377. The molecule has 0 radical (unpaired) electrons. The van der Waals surface area contributed by atoms with Gasteiger partial charge in [-0.25, -0.2) is 0 Å². The minimum Gasteiger partial charge on any atom is -0.454 e. The molecule has 1 fully saturated rings. The summed E-state index contributed by atoms with van der Waals surface area (Å²) in [6, 6.07) is 10.0. The Bertz CT molecular complexity index is 358. The third-order valence-corrected chi connectivity index (χ3v) is 3.21. The van der Waals surface area contributed by atoms with Crippen molar-refractivity contribution in [2.24, 2.45) is 5.92 Å². The molecule has 2 unspecified atom stereocenters. The van der Waals surface area contributed by atoms with Gasteiger partial charge in [-0.05, 0) is 12.0 Å². The van der Waals surface area contributed by atoms with Crippen LogP contribution < -0.4 is 0 Å². The fourth-order valence-electron chi connectivity index (χ4n) is 2.25. The van der Waals surface area contributed by atoms with Gasteiger partial charge >= 0.3 is 5.97 Å². The average Bonchev–Trinajstić information content (AvgIpc) is 2.57. The highest BCUT2D eigenvalue weighted by atomic mass is 16.6. The lowest BCUT2D eigenvalue weighted by atomic mass is 9.86. The number of carbonyl (C=O) groups is 1. The first-order valence-electron chi connectivity index (χ1n) is 5.46. The van der Waals surface area contributed by atoms with E-state index in [2.05, 4.69) is 6.92 Å². The Hall–Kier alpha value is -1.31. The van der Waals surface area contributed by atoms with Gasteiger partial charge in [0.1, 0.15) is 5.60 Å². The fraction of sp³-hybridized carbons (Fsp3) is 0.462. The molecule has 1 aliphatic heterocycles. The normalized spacial score (nSPS) is 30.3. The van der Waals surface area contributed by atoms with Gasteiger partial charge in [0.15, 0.2) is 0 Å². The maximum atomic E-state index is 11.5. The highest BCUT2D eigenvalue weighted by Gasteiger charge is 2.44. The predicted octanol–water partition coefficient (Wildman–Crippen LogP) is 2.87. The minimum absolute atomic E-state index is 0.0187. The average molecular weight is 204 g/mol. The topological polar surface area (TPSA) is 26.3 Å². The molecule has 0 spiro atoms. The first kappa shape index (κ1) is 10.2. The Morgan fingerprint density at radius 3 is 2.53 bits per heavy atom. The van der Waals surface area contributed by atoms with E-state index in [1.54, 1.807) is 0 Å². The summed E-state index contributed by atoms with van der Waals surface area (Å²) in [4.78, 5) is 11.5.